The lowest BCUT2D eigenvalue weighted by molar-refractivity contribution is 0.415. The van der Waals surface area contributed by atoms with Gasteiger partial charge in [0.05, 0.1) is 25.2 Å². The topological polar surface area (TPSA) is 115 Å². The van der Waals surface area contributed by atoms with Crippen LogP contribution >= 0.6 is 24.0 Å². The first-order chi connectivity index (χ1) is 12.2. The maximum atomic E-state index is 5.90. The summed E-state index contributed by atoms with van der Waals surface area (Å²) < 4.78 is 6.88. The Morgan fingerprint density at radius 3 is 3.00 bits per heavy atom. The van der Waals surface area contributed by atoms with E-state index in [1.54, 1.807) is 18.0 Å². The average Bonchev–Trinajstić information content (AvgIpc) is 3.01. The lowest BCUT2D eigenvalue weighted by Crippen LogP contribution is -2.23. The van der Waals surface area contributed by atoms with E-state index in [9.17, 15) is 0 Å². The summed E-state index contributed by atoms with van der Waals surface area (Å²) in [5, 5.41) is 11.3. The number of nitrogens with one attached hydrogen (secondary N) is 2. The van der Waals surface area contributed by atoms with E-state index >= 15 is 0 Å². The van der Waals surface area contributed by atoms with Crippen LogP contribution in [0.4, 0.5) is 11.5 Å². The summed E-state index contributed by atoms with van der Waals surface area (Å²) >= 11 is 0. The highest BCUT2D eigenvalue weighted by atomic mass is 127. The summed E-state index contributed by atoms with van der Waals surface area (Å²) in [5.74, 6) is 1.82. The molecule has 9 nitrogen and oxygen atoms in total. The molecule has 0 unspecified atom stereocenters. The van der Waals surface area contributed by atoms with Gasteiger partial charge < -0.3 is 21.1 Å². The van der Waals surface area contributed by atoms with Gasteiger partial charge in [-0.25, -0.2) is 9.97 Å². The molecule has 0 amide bonds. The Morgan fingerprint density at radius 2 is 2.19 bits per heavy atom. The van der Waals surface area contributed by atoms with E-state index in [4.69, 9.17) is 10.5 Å². The summed E-state index contributed by atoms with van der Waals surface area (Å²) in [5.41, 5.74) is 7.50. The summed E-state index contributed by atoms with van der Waals surface area (Å²) in [6.45, 7) is 1.08. The summed E-state index contributed by atoms with van der Waals surface area (Å²) in [6.07, 6.45) is 3.24. The molecule has 0 saturated heterocycles. The molecule has 0 aliphatic carbocycles. The number of hydrogen-bond donors (Lipinski definition) is 3. The molecule has 0 bridgehead atoms. The number of aliphatic imine (C=N–C) groups is 1. The van der Waals surface area contributed by atoms with E-state index in [0.29, 0.717) is 19.0 Å². The number of aromatic nitrogens is 4. The van der Waals surface area contributed by atoms with Crippen molar-refractivity contribution in [2.75, 3.05) is 30.8 Å². The molecule has 1 aromatic carbocycles. The molecule has 2 heterocycles. The second kappa shape index (κ2) is 9.17. The standard InChI is InChI=1S/C16H20N8O.HI/c1-24-15-13(9-22-24)14(20-10-21-15)18-6-7-19-16(17)23-11-4-3-5-12(8-11)25-2;/h3-5,8-10H,6-7H2,1-2H3,(H3,17,19,23)(H,18,20,21);1H. The van der Waals surface area contributed by atoms with Crippen molar-refractivity contribution < 1.29 is 4.74 Å². The highest BCUT2D eigenvalue weighted by Crippen LogP contribution is 2.17. The van der Waals surface area contributed by atoms with Crippen molar-refractivity contribution in [3.8, 4) is 5.75 Å². The Morgan fingerprint density at radius 1 is 1.35 bits per heavy atom. The number of methoxy groups -OCH3 is 1. The van der Waals surface area contributed by atoms with Gasteiger partial charge in [0.15, 0.2) is 11.6 Å². The van der Waals surface area contributed by atoms with Crippen LogP contribution in [0, 0.1) is 0 Å². The lowest BCUT2D eigenvalue weighted by atomic mass is 10.3. The van der Waals surface area contributed by atoms with Crippen molar-refractivity contribution in [3.05, 3.63) is 36.8 Å². The predicted molar refractivity (Wildman–Crippen MR) is 113 cm³/mol. The van der Waals surface area contributed by atoms with Gasteiger partial charge in [-0.2, -0.15) is 5.10 Å². The van der Waals surface area contributed by atoms with E-state index in [1.165, 1.54) is 6.33 Å². The molecule has 26 heavy (non-hydrogen) atoms. The number of nitrogens with zero attached hydrogens (tertiary/aromatic N) is 5. The largest absolute Gasteiger partial charge is 0.497 e. The van der Waals surface area contributed by atoms with Crippen LogP contribution in [-0.2, 0) is 7.05 Å². The van der Waals surface area contributed by atoms with Crippen LogP contribution < -0.4 is 21.1 Å². The van der Waals surface area contributed by atoms with E-state index in [2.05, 4.69) is 30.7 Å². The van der Waals surface area contributed by atoms with Gasteiger partial charge in [-0.1, -0.05) is 6.07 Å². The third-order valence-corrected chi connectivity index (χ3v) is 3.56. The molecule has 0 aliphatic rings. The summed E-state index contributed by atoms with van der Waals surface area (Å²) in [6, 6.07) is 7.48. The second-order valence-electron chi connectivity index (χ2n) is 5.28. The van der Waals surface area contributed by atoms with Crippen LogP contribution in [0.15, 0.2) is 41.8 Å². The van der Waals surface area contributed by atoms with Crippen LogP contribution in [0.3, 0.4) is 0 Å². The summed E-state index contributed by atoms with van der Waals surface area (Å²) in [4.78, 5) is 12.7. The zero-order valence-electron chi connectivity index (χ0n) is 14.5. The Labute approximate surface area is 168 Å². The highest BCUT2D eigenvalue weighted by Gasteiger charge is 2.06. The fourth-order valence-corrected chi connectivity index (χ4v) is 2.34. The number of halogens is 1. The van der Waals surface area contributed by atoms with Gasteiger partial charge in [-0.15, -0.1) is 24.0 Å². The number of nitrogens with two attached hydrogens (primary N) is 1. The molecule has 0 saturated carbocycles. The number of anilines is 2. The zero-order valence-corrected chi connectivity index (χ0v) is 16.8. The van der Waals surface area contributed by atoms with Crippen molar-refractivity contribution >= 4 is 52.5 Å². The SMILES string of the molecule is COc1cccc(NC(N)=NCCNc2ncnc3c2cnn3C)c1.I. The van der Waals surface area contributed by atoms with Gasteiger partial charge in [0, 0.05) is 25.3 Å². The monoisotopic (exact) mass is 468 g/mol. The molecule has 4 N–H and O–H groups in total. The Bertz CT molecular complexity index is 895. The predicted octanol–water partition coefficient (Wildman–Crippen LogP) is 1.83. The van der Waals surface area contributed by atoms with Crippen LogP contribution in [0.2, 0.25) is 0 Å². The third kappa shape index (κ3) is 4.71. The minimum absolute atomic E-state index is 0. The molecule has 138 valence electrons. The Balaban J connectivity index is 0.00000243. The maximum absolute atomic E-state index is 5.90. The van der Waals surface area contributed by atoms with Crippen LogP contribution in [0.5, 0.6) is 5.75 Å². The first-order valence-electron chi connectivity index (χ1n) is 7.75. The Kier molecular flexibility index (Phi) is 6.95. The van der Waals surface area contributed by atoms with Crippen LogP contribution in [0.25, 0.3) is 11.0 Å². The number of ether oxygens (including phenoxy) is 1. The normalized spacial score (nSPS) is 11.1. The van der Waals surface area contributed by atoms with E-state index in [1.807, 2.05) is 31.3 Å². The van der Waals surface area contributed by atoms with Gasteiger partial charge in [0.1, 0.15) is 17.9 Å². The lowest BCUT2D eigenvalue weighted by Gasteiger charge is -2.08. The summed E-state index contributed by atoms with van der Waals surface area (Å²) in [7, 11) is 3.46. The molecule has 0 fully saturated rings. The van der Waals surface area contributed by atoms with E-state index in [-0.39, 0.29) is 24.0 Å². The van der Waals surface area contributed by atoms with Gasteiger partial charge >= 0.3 is 0 Å². The maximum Gasteiger partial charge on any atom is 0.193 e. The van der Waals surface area contributed by atoms with Gasteiger partial charge in [0.25, 0.3) is 0 Å². The molecule has 0 spiro atoms. The highest BCUT2D eigenvalue weighted by molar-refractivity contribution is 14.0. The molecule has 3 aromatic rings. The zero-order chi connectivity index (χ0) is 17.6. The van der Waals surface area contributed by atoms with Crippen molar-refractivity contribution in [2.24, 2.45) is 17.8 Å². The minimum Gasteiger partial charge on any atom is -0.497 e. The molecular formula is C16H21IN8O. The smallest absolute Gasteiger partial charge is 0.193 e. The van der Waals surface area contributed by atoms with Gasteiger partial charge in [-0.05, 0) is 12.1 Å². The average molecular weight is 468 g/mol. The number of rotatable bonds is 6. The fourth-order valence-electron chi connectivity index (χ4n) is 2.34. The number of guanidine groups is 1. The van der Waals surface area contributed by atoms with Gasteiger partial charge in [-0.3, -0.25) is 9.67 Å². The molecular weight excluding hydrogens is 447 g/mol. The quantitative estimate of drug-likeness (QED) is 0.219. The Hall–Kier alpha value is -2.63. The molecule has 0 atom stereocenters. The third-order valence-electron chi connectivity index (χ3n) is 3.56. The van der Waals surface area contributed by atoms with E-state index < -0.39 is 0 Å². The van der Waals surface area contributed by atoms with Crippen LogP contribution in [0.1, 0.15) is 0 Å². The first-order valence-corrected chi connectivity index (χ1v) is 7.75. The van der Waals surface area contributed by atoms with Crippen molar-refractivity contribution in [1.29, 1.82) is 0 Å². The fraction of sp³-hybridized carbons (Fsp3) is 0.250. The number of hydrogen-bond acceptors (Lipinski definition) is 6. The molecule has 0 radical (unpaired) electrons. The van der Waals surface area contributed by atoms with Crippen molar-refractivity contribution in [1.82, 2.24) is 19.7 Å². The first kappa shape index (κ1) is 19.7. The number of aryl methyl sites for hydroxylation is 1. The molecule has 3 rings (SSSR count). The van der Waals surface area contributed by atoms with E-state index in [0.717, 1.165) is 28.3 Å². The number of fused-ring (bicyclic) bond motifs is 1. The van der Waals surface area contributed by atoms with Gasteiger partial charge in [0.2, 0.25) is 0 Å². The molecule has 10 heteroatoms. The second-order valence-corrected chi connectivity index (χ2v) is 5.28. The van der Waals surface area contributed by atoms with Crippen molar-refractivity contribution in [3.63, 3.8) is 0 Å². The van der Waals surface area contributed by atoms with Crippen LogP contribution in [-0.4, -0.2) is 45.9 Å². The molecule has 2 aromatic heterocycles. The molecule has 0 aliphatic heterocycles. The van der Waals surface area contributed by atoms with Crippen molar-refractivity contribution in [2.45, 2.75) is 0 Å². The minimum atomic E-state index is 0. The number of benzene rings is 1.